The Balaban J connectivity index is 1.88. The molecule has 1 aromatic heterocycles. The number of hydrogen-bond donors (Lipinski definition) is 0. The average Bonchev–Trinajstić information content (AvgIpc) is 2.95. The summed E-state index contributed by atoms with van der Waals surface area (Å²) < 4.78 is 1.85. The molecule has 0 radical (unpaired) electrons. The molecule has 122 valence electrons. The van der Waals surface area contributed by atoms with E-state index in [9.17, 15) is 4.79 Å². The maximum atomic E-state index is 13.1. The van der Waals surface area contributed by atoms with Crippen molar-refractivity contribution in [3.63, 3.8) is 0 Å². The molecule has 0 spiro atoms. The van der Waals surface area contributed by atoms with Gasteiger partial charge >= 0.3 is 0 Å². The Morgan fingerprint density at radius 1 is 0.800 bits per heavy atom. The van der Waals surface area contributed by atoms with Crippen molar-refractivity contribution in [2.24, 2.45) is 0 Å². The molecule has 0 bridgehead atoms. The molecule has 0 saturated heterocycles. The molecule has 25 heavy (non-hydrogen) atoms. The van der Waals surface area contributed by atoms with E-state index in [-0.39, 0.29) is 5.91 Å². The highest BCUT2D eigenvalue weighted by Gasteiger charge is 2.19. The van der Waals surface area contributed by atoms with Gasteiger partial charge in [0, 0.05) is 16.6 Å². The number of benzene rings is 3. The highest BCUT2D eigenvalue weighted by atomic mass is 16.2. The molecular formula is C23H19NO. The molecule has 2 heteroatoms. The van der Waals surface area contributed by atoms with E-state index < -0.39 is 0 Å². The zero-order valence-electron chi connectivity index (χ0n) is 14.1. The van der Waals surface area contributed by atoms with Gasteiger partial charge in [-0.25, -0.2) is 0 Å². The molecule has 0 saturated carbocycles. The van der Waals surface area contributed by atoms with Crippen molar-refractivity contribution in [3.8, 4) is 0 Å². The first-order valence-electron chi connectivity index (χ1n) is 8.48. The van der Waals surface area contributed by atoms with Gasteiger partial charge in [-0.2, -0.15) is 0 Å². The summed E-state index contributed by atoms with van der Waals surface area (Å²) in [6.45, 7) is 2.04. The van der Waals surface area contributed by atoms with E-state index in [2.05, 4.69) is 30.3 Å². The third kappa shape index (κ3) is 2.76. The maximum absolute atomic E-state index is 13.1. The summed E-state index contributed by atoms with van der Waals surface area (Å²) in [7, 11) is 0. The molecular weight excluding hydrogens is 306 g/mol. The molecule has 3 aromatic carbocycles. The van der Waals surface area contributed by atoms with Crippen molar-refractivity contribution in [1.29, 1.82) is 0 Å². The van der Waals surface area contributed by atoms with Gasteiger partial charge in [0.05, 0.1) is 5.52 Å². The van der Waals surface area contributed by atoms with E-state index in [1.807, 2.05) is 66.1 Å². The van der Waals surface area contributed by atoms with Crippen LogP contribution in [-0.2, 0) is 6.42 Å². The summed E-state index contributed by atoms with van der Waals surface area (Å²) in [6, 6.07) is 28.0. The second-order valence-corrected chi connectivity index (χ2v) is 6.25. The Hall–Kier alpha value is -3.13. The standard InChI is InChI=1S/C23H19NO/c1-17-21(16-18-10-4-2-5-11-18)20-14-8-9-15-22(20)24(17)23(25)19-12-6-3-7-13-19/h2-15H,16H2,1H3. The van der Waals surface area contributed by atoms with Crippen LogP contribution in [0.2, 0.25) is 0 Å². The van der Waals surface area contributed by atoms with Crippen molar-refractivity contribution < 1.29 is 4.79 Å². The Morgan fingerprint density at radius 3 is 2.12 bits per heavy atom. The Kier molecular flexibility index (Phi) is 3.95. The van der Waals surface area contributed by atoms with Crippen LogP contribution in [0, 0.1) is 6.92 Å². The molecule has 0 aliphatic carbocycles. The van der Waals surface area contributed by atoms with Gasteiger partial charge in [0.15, 0.2) is 0 Å². The summed E-state index contributed by atoms with van der Waals surface area (Å²) >= 11 is 0. The maximum Gasteiger partial charge on any atom is 0.262 e. The van der Waals surface area contributed by atoms with E-state index in [4.69, 9.17) is 0 Å². The number of para-hydroxylation sites is 1. The van der Waals surface area contributed by atoms with Gasteiger partial charge in [0.2, 0.25) is 0 Å². The molecule has 0 aliphatic rings. The second-order valence-electron chi connectivity index (χ2n) is 6.25. The van der Waals surface area contributed by atoms with E-state index >= 15 is 0 Å². The van der Waals surface area contributed by atoms with E-state index in [0.717, 1.165) is 23.0 Å². The van der Waals surface area contributed by atoms with Crippen LogP contribution < -0.4 is 0 Å². The smallest absolute Gasteiger partial charge is 0.262 e. The number of nitrogens with zero attached hydrogens (tertiary/aromatic N) is 1. The number of aromatic nitrogens is 1. The van der Waals surface area contributed by atoms with Crippen molar-refractivity contribution >= 4 is 16.8 Å². The first kappa shape index (κ1) is 15.4. The Labute approximate surface area is 147 Å². The first-order valence-corrected chi connectivity index (χ1v) is 8.48. The highest BCUT2D eigenvalue weighted by molar-refractivity contribution is 6.04. The van der Waals surface area contributed by atoms with Crippen molar-refractivity contribution in [3.05, 3.63) is 107 Å². The van der Waals surface area contributed by atoms with E-state index in [1.54, 1.807) is 0 Å². The molecule has 0 amide bonds. The molecule has 2 nitrogen and oxygen atoms in total. The number of hydrogen-bond acceptors (Lipinski definition) is 1. The van der Waals surface area contributed by atoms with Gasteiger partial charge in [0.1, 0.15) is 0 Å². The minimum Gasteiger partial charge on any atom is -0.280 e. The lowest BCUT2D eigenvalue weighted by Crippen LogP contribution is -2.13. The molecule has 0 N–H and O–H groups in total. The van der Waals surface area contributed by atoms with Gasteiger partial charge in [-0.05, 0) is 42.7 Å². The molecule has 0 unspecified atom stereocenters. The summed E-state index contributed by atoms with van der Waals surface area (Å²) in [6.07, 6.45) is 0.822. The fourth-order valence-corrected chi connectivity index (χ4v) is 3.43. The monoisotopic (exact) mass is 325 g/mol. The minimum absolute atomic E-state index is 0.0219. The summed E-state index contributed by atoms with van der Waals surface area (Å²) in [5.41, 5.74) is 5.16. The SMILES string of the molecule is Cc1c(Cc2ccccc2)c2ccccc2n1C(=O)c1ccccc1. The summed E-state index contributed by atoms with van der Waals surface area (Å²) in [5, 5.41) is 1.15. The zero-order chi connectivity index (χ0) is 17.2. The van der Waals surface area contributed by atoms with Gasteiger partial charge in [-0.1, -0.05) is 66.7 Å². The highest BCUT2D eigenvalue weighted by Crippen LogP contribution is 2.28. The fraction of sp³-hybridized carbons (Fsp3) is 0.0870. The second kappa shape index (κ2) is 6.40. The molecule has 4 rings (SSSR count). The Morgan fingerprint density at radius 2 is 1.40 bits per heavy atom. The summed E-state index contributed by atoms with van der Waals surface area (Å²) in [4.78, 5) is 13.1. The van der Waals surface area contributed by atoms with Crippen molar-refractivity contribution in [1.82, 2.24) is 4.57 Å². The normalized spacial score (nSPS) is 10.9. The van der Waals surface area contributed by atoms with Gasteiger partial charge in [-0.15, -0.1) is 0 Å². The van der Waals surface area contributed by atoms with Crippen LogP contribution in [0.4, 0.5) is 0 Å². The van der Waals surface area contributed by atoms with Crippen molar-refractivity contribution in [2.75, 3.05) is 0 Å². The lowest BCUT2D eigenvalue weighted by molar-refractivity contribution is 0.0963. The van der Waals surface area contributed by atoms with Crippen molar-refractivity contribution in [2.45, 2.75) is 13.3 Å². The molecule has 4 aromatic rings. The number of carbonyl (C=O) groups is 1. The third-order valence-corrected chi connectivity index (χ3v) is 4.69. The fourth-order valence-electron chi connectivity index (χ4n) is 3.43. The third-order valence-electron chi connectivity index (χ3n) is 4.69. The average molecular weight is 325 g/mol. The summed E-state index contributed by atoms with van der Waals surface area (Å²) in [5.74, 6) is 0.0219. The van der Waals surface area contributed by atoms with Crippen LogP contribution in [0.1, 0.15) is 27.2 Å². The van der Waals surface area contributed by atoms with Gasteiger partial charge < -0.3 is 0 Å². The van der Waals surface area contributed by atoms with Crippen LogP contribution in [0.15, 0.2) is 84.9 Å². The first-order chi connectivity index (χ1) is 12.3. The van der Waals surface area contributed by atoms with Crippen LogP contribution >= 0.6 is 0 Å². The lowest BCUT2D eigenvalue weighted by Gasteiger charge is -2.08. The number of rotatable bonds is 3. The van der Waals surface area contributed by atoms with Crippen LogP contribution in [0.25, 0.3) is 10.9 Å². The quantitative estimate of drug-likeness (QED) is 0.505. The predicted molar refractivity (Wildman–Crippen MR) is 102 cm³/mol. The zero-order valence-corrected chi connectivity index (χ0v) is 14.1. The molecule has 1 heterocycles. The largest absolute Gasteiger partial charge is 0.280 e. The lowest BCUT2D eigenvalue weighted by atomic mass is 10.0. The van der Waals surface area contributed by atoms with Crippen LogP contribution in [-0.4, -0.2) is 10.5 Å². The number of carbonyl (C=O) groups excluding carboxylic acids is 1. The molecule has 0 fully saturated rings. The minimum atomic E-state index is 0.0219. The number of fused-ring (bicyclic) bond motifs is 1. The molecule has 0 aliphatic heterocycles. The topological polar surface area (TPSA) is 22.0 Å². The van der Waals surface area contributed by atoms with Crippen LogP contribution in [0.3, 0.4) is 0 Å². The van der Waals surface area contributed by atoms with Gasteiger partial charge in [-0.3, -0.25) is 9.36 Å². The van der Waals surface area contributed by atoms with Gasteiger partial charge in [0.25, 0.3) is 5.91 Å². The van der Waals surface area contributed by atoms with E-state index in [0.29, 0.717) is 5.56 Å². The molecule has 0 atom stereocenters. The predicted octanol–water partition coefficient (Wildman–Crippen LogP) is 5.23. The van der Waals surface area contributed by atoms with E-state index in [1.165, 1.54) is 11.1 Å². The Bertz CT molecular complexity index is 1030. The van der Waals surface area contributed by atoms with Crippen LogP contribution in [0.5, 0.6) is 0 Å².